The van der Waals surface area contributed by atoms with E-state index >= 15 is 0 Å². The summed E-state index contributed by atoms with van der Waals surface area (Å²) in [5.74, 6) is 1.05. The molecule has 1 amide bonds. The van der Waals surface area contributed by atoms with E-state index in [0.717, 1.165) is 12.8 Å². The lowest BCUT2D eigenvalue weighted by molar-refractivity contribution is -0.106. The second kappa shape index (κ2) is 5.10. The van der Waals surface area contributed by atoms with E-state index in [1.165, 1.54) is 0 Å². The second-order valence-electron chi connectivity index (χ2n) is 6.65. The van der Waals surface area contributed by atoms with Crippen LogP contribution >= 0.6 is 0 Å². The number of aryl methyl sites for hydroxylation is 1. The molecule has 1 aliphatic carbocycles. The Kier molecular flexibility index (Phi) is 3.53. The molecule has 1 aromatic heterocycles. The lowest BCUT2D eigenvalue weighted by Gasteiger charge is -2.48. The Morgan fingerprint density at radius 1 is 1.52 bits per heavy atom. The number of likely N-dealkylation sites (tertiary alicyclic amines) is 1. The highest BCUT2D eigenvalue weighted by Gasteiger charge is 2.42. The highest BCUT2D eigenvalue weighted by molar-refractivity contribution is 5.92. The van der Waals surface area contributed by atoms with Gasteiger partial charge in [-0.05, 0) is 33.6 Å². The van der Waals surface area contributed by atoms with Gasteiger partial charge in [0.15, 0.2) is 5.89 Å². The van der Waals surface area contributed by atoms with Gasteiger partial charge in [-0.1, -0.05) is 0 Å². The molecule has 2 heterocycles. The average molecular weight is 293 g/mol. The van der Waals surface area contributed by atoms with E-state index in [9.17, 15) is 9.90 Å². The summed E-state index contributed by atoms with van der Waals surface area (Å²) >= 11 is 0. The molecule has 0 radical (unpaired) electrons. The van der Waals surface area contributed by atoms with E-state index in [1.807, 2.05) is 0 Å². The number of carbonyl (C=O) groups excluding carboxylic acids is 1. The van der Waals surface area contributed by atoms with Gasteiger partial charge >= 0.3 is 0 Å². The number of hydrogen-bond acceptors (Lipinski definition) is 5. The lowest BCUT2D eigenvalue weighted by atomic mass is 9.92. The molecule has 0 spiro atoms. The average Bonchev–Trinajstić information content (AvgIpc) is 3.16. The van der Waals surface area contributed by atoms with Crippen LogP contribution in [-0.4, -0.2) is 52.2 Å². The summed E-state index contributed by atoms with van der Waals surface area (Å²) in [6.07, 6.45) is 2.18. The van der Waals surface area contributed by atoms with Gasteiger partial charge in [0, 0.05) is 31.6 Å². The summed E-state index contributed by atoms with van der Waals surface area (Å²) in [7, 11) is 0. The highest BCUT2D eigenvalue weighted by Crippen LogP contribution is 2.40. The van der Waals surface area contributed by atoms with Crippen LogP contribution in [0.4, 0.5) is 0 Å². The first-order chi connectivity index (χ1) is 9.88. The normalized spacial score (nSPS) is 21.4. The van der Waals surface area contributed by atoms with Crippen molar-refractivity contribution in [2.24, 2.45) is 0 Å². The quantitative estimate of drug-likeness (QED) is 0.848. The van der Waals surface area contributed by atoms with Crippen molar-refractivity contribution < 1.29 is 14.3 Å². The summed E-state index contributed by atoms with van der Waals surface area (Å²) in [5, 5.41) is 13.1. The molecule has 2 fully saturated rings. The predicted octanol–water partition coefficient (Wildman–Crippen LogP) is 1.05. The predicted molar refractivity (Wildman–Crippen MR) is 77.2 cm³/mol. The number of carbonyl (C=O) groups is 1. The summed E-state index contributed by atoms with van der Waals surface area (Å²) < 4.78 is 5.56. The first-order valence-electron chi connectivity index (χ1n) is 7.60. The lowest BCUT2D eigenvalue weighted by Crippen LogP contribution is -2.67. The fourth-order valence-corrected chi connectivity index (χ4v) is 2.64. The SMILES string of the molecule is Cc1nc(C2CC2)oc1C(=O)NCC1(O)CN(C(C)C)C1. The van der Waals surface area contributed by atoms with Gasteiger partial charge < -0.3 is 14.8 Å². The van der Waals surface area contributed by atoms with Gasteiger partial charge in [0.05, 0.1) is 5.69 Å². The number of hydrogen-bond donors (Lipinski definition) is 2. The van der Waals surface area contributed by atoms with Gasteiger partial charge in [0.2, 0.25) is 5.76 Å². The van der Waals surface area contributed by atoms with E-state index in [-0.39, 0.29) is 18.2 Å². The Morgan fingerprint density at radius 3 is 2.76 bits per heavy atom. The molecule has 0 aromatic carbocycles. The molecule has 21 heavy (non-hydrogen) atoms. The van der Waals surface area contributed by atoms with Gasteiger partial charge in [0.25, 0.3) is 5.91 Å². The van der Waals surface area contributed by atoms with Gasteiger partial charge in [-0.25, -0.2) is 4.98 Å². The van der Waals surface area contributed by atoms with Crippen molar-refractivity contribution in [1.82, 2.24) is 15.2 Å². The summed E-state index contributed by atoms with van der Waals surface area (Å²) in [5.41, 5.74) is -0.202. The minimum Gasteiger partial charge on any atom is -0.435 e. The first-order valence-corrected chi connectivity index (χ1v) is 7.60. The van der Waals surface area contributed by atoms with Crippen LogP contribution in [0.1, 0.15) is 54.7 Å². The molecule has 2 aliphatic rings. The molecule has 2 N–H and O–H groups in total. The van der Waals surface area contributed by atoms with Crippen molar-refractivity contribution in [3.63, 3.8) is 0 Å². The van der Waals surface area contributed by atoms with E-state index < -0.39 is 5.60 Å². The molecule has 3 rings (SSSR count). The maximum atomic E-state index is 12.2. The molecule has 1 aliphatic heterocycles. The number of nitrogens with one attached hydrogen (secondary N) is 1. The molecular formula is C15H23N3O3. The molecule has 6 heteroatoms. The molecule has 6 nitrogen and oxygen atoms in total. The van der Waals surface area contributed by atoms with Crippen LogP contribution in [0, 0.1) is 6.92 Å². The van der Waals surface area contributed by atoms with Crippen LogP contribution in [0.15, 0.2) is 4.42 Å². The minimum atomic E-state index is -0.826. The van der Waals surface area contributed by atoms with Crippen LogP contribution in [0.3, 0.4) is 0 Å². The summed E-state index contributed by atoms with van der Waals surface area (Å²) in [6, 6.07) is 0.415. The summed E-state index contributed by atoms with van der Waals surface area (Å²) in [6.45, 7) is 7.39. The standard InChI is InChI=1S/C15H23N3O3/c1-9(2)18-7-15(20,8-18)6-16-13(19)12-10(3)17-14(21-12)11-4-5-11/h9,11,20H,4-8H2,1-3H3,(H,16,19). The molecule has 0 atom stereocenters. The third kappa shape index (κ3) is 2.96. The molecule has 116 valence electrons. The third-order valence-corrected chi connectivity index (χ3v) is 4.25. The van der Waals surface area contributed by atoms with Gasteiger partial charge in [-0.3, -0.25) is 9.69 Å². The highest BCUT2D eigenvalue weighted by atomic mass is 16.4. The molecule has 1 saturated heterocycles. The van der Waals surface area contributed by atoms with Crippen molar-refractivity contribution in [3.8, 4) is 0 Å². The summed E-state index contributed by atoms with van der Waals surface area (Å²) in [4.78, 5) is 18.6. The van der Waals surface area contributed by atoms with Gasteiger partial charge in [-0.15, -0.1) is 0 Å². The molecule has 1 saturated carbocycles. The number of amides is 1. The molecular weight excluding hydrogens is 270 g/mol. The number of rotatable bonds is 5. The molecule has 0 bridgehead atoms. The Hall–Kier alpha value is -1.40. The van der Waals surface area contributed by atoms with Crippen molar-refractivity contribution in [2.45, 2.75) is 51.2 Å². The maximum Gasteiger partial charge on any atom is 0.289 e. The monoisotopic (exact) mass is 293 g/mol. The van der Waals surface area contributed by atoms with E-state index in [1.54, 1.807) is 6.92 Å². The largest absolute Gasteiger partial charge is 0.435 e. The second-order valence-corrected chi connectivity index (χ2v) is 6.65. The fraction of sp³-hybridized carbons (Fsp3) is 0.733. The molecule has 1 aromatic rings. The van der Waals surface area contributed by atoms with Gasteiger partial charge in [-0.2, -0.15) is 0 Å². The van der Waals surface area contributed by atoms with Crippen LogP contribution < -0.4 is 5.32 Å². The number of aromatic nitrogens is 1. The Bertz CT molecular complexity index is 542. The van der Waals surface area contributed by atoms with Gasteiger partial charge in [0.1, 0.15) is 5.60 Å². The maximum absolute atomic E-state index is 12.2. The first kappa shape index (κ1) is 14.5. The number of oxazole rings is 1. The fourth-order valence-electron chi connectivity index (χ4n) is 2.64. The van der Waals surface area contributed by atoms with Crippen molar-refractivity contribution >= 4 is 5.91 Å². The smallest absolute Gasteiger partial charge is 0.289 e. The zero-order chi connectivity index (χ0) is 15.2. The van der Waals surface area contributed by atoms with Crippen LogP contribution in [0.25, 0.3) is 0 Å². The van der Waals surface area contributed by atoms with Crippen molar-refractivity contribution in [1.29, 1.82) is 0 Å². The topological polar surface area (TPSA) is 78.6 Å². The van der Waals surface area contributed by atoms with Crippen LogP contribution in [-0.2, 0) is 0 Å². The Morgan fingerprint density at radius 2 is 2.19 bits per heavy atom. The third-order valence-electron chi connectivity index (χ3n) is 4.25. The van der Waals surface area contributed by atoms with Crippen molar-refractivity contribution in [2.75, 3.05) is 19.6 Å². The van der Waals surface area contributed by atoms with Crippen LogP contribution in [0.2, 0.25) is 0 Å². The molecule has 0 unspecified atom stereocenters. The zero-order valence-corrected chi connectivity index (χ0v) is 12.8. The van der Waals surface area contributed by atoms with Crippen LogP contribution in [0.5, 0.6) is 0 Å². The number of aliphatic hydroxyl groups is 1. The number of nitrogens with zero attached hydrogens (tertiary/aromatic N) is 2. The van der Waals surface area contributed by atoms with E-state index in [0.29, 0.717) is 36.6 Å². The van der Waals surface area contributed by atoms with E-state index in [2.05, 4.69) is 29.0 Å². The zero-order valence-electron chi connectivity index (χ0n) is 12.8. The Balaban J connectivity index is 1.55. The van der Waals surface area contributed by atoms with E-state index in [4.69, 9.17) is 4.42 Å². The number of β-amino-alcohol motifs (C(OH)–C–C–N with tert-alkyl or cyclic N) is 1. The minimum absolute atomic E-state index is 0.244. The Labute approximate surface area is 124 Å². The van der Waals surface area contributed by atoms with Crippen molar-refractivity contribution in [3.05, 3.63) is 17.3 Å².